The van der Waals surface area contributed by atoms with Gasteiger partial charge in [-0.2, -0.15) is 0 Å². The van der Waals surface area contributed by atoms with E-state index >= 15 is 0 Å². The molecule has 1 atom stereocenters. The Morgan fingerprint density at radius 2 is 2.33 bits per heavy atom. The summed E-state index contributed by atoms with van der Waals surface area (Å²) in [6, 6.07) is 3.44. The van der Waals surface area contributed by atoms with Gasteiger partial charge in [-0.1, -0.05) is 6.07 Å². The molecule has 2 amide bonds. The van der Waals surface area contributed by atoms with Gasteiger partial charge in [-0.15, -0.1) is 23.7 Å². The highest BCUT2D eigenvalue weighted by Crippen LogP contribution is 2.20. The lowest BCUT2D eigenvalue weighted by Crippen LogP contribution is -2.52. The van der Waals surface area contributed by atoms with Crippen LogP contribution in [0, 0.1) is 0 Å². The number of hydrogen-bond acceptors (Lipinski definition) is 5. The summed E-state index contributed by atoms with van der Waals surface area (Å²) in [5.74, 6) is 0.538. The van der Waals surface area contributed by atoms with Crippen molar-refractivity contribution in [2.75, 3.05) is 26.2 Å². The molecule has 1 aliphatic rings. The molecule has 0 bridgehead atoms. The maximum atomic E-state index is 12.5. The number of aromatic nitrogens is 2. The molecule has 1 aliphatic heterocycles. The first-order chi connectivity index (χ1) is 11.2. The number of carbonyl (C=O) groups is 2. The van der Waals surface area contributed by atoms with Gasteiger partial charge in [-0.05, 0) is 11.4 Å². The Bertz CT molecular complexity index is 688. The molecule has 7 nitrogen and oxygen atoms in total. The van der Waals surface area contributed by atoms with Gasteiger partial charge in [0.05, 0.1) is 11.4 Å². The van der Waals surface area contributed by atoms with Crippen molar-refractivity contribution < 1.29 is 9.59 Å². The molecule has 2 N–H and O–H groups in total. The van der Waals surface area contributed by atoms with Crippen LogP contribution in [0.4, 0.5) is 0 Å². The van der Waals surface area contributed by atoms with E-state index < -0.39 is 0 Å². The molecular formula is C15H20ClN5O2S. The van der Waals surface area contributed by atoms with Crippen LogP contribution in [0.15, 0.2) is 29.9 Å². The number of rotatable bonds is 4. The maximum absolute atomic E-state index is 12.5. The molecule has 0 aliphatic carbocycles. The van der Waals surface area contributed by atoms with Crippen molar-refractivity contribution in [3.05, 3.63) is 40.6 Å². The van der Waals surface area contributed by atoms with Gasteiger partial charge in [-0.3, -0.25) is 9.59 Å². The third-order valence-electron chi connectivity index (χ3n) is 3.87. The highest BCUT2D eigenvalue weighted by molar-refractivity contribution is 7.12. The van der Waals surface area contributed by atoms with E-state index in [2.05, 4.69) is 15.6 Å². The zero-order chi connectivity index (χ0) is 16.2. The van der Waals surface area contributed by atoms with Crippen molar-refractivity contribution in [2.24, 2.45) is 7.05 Å². The van der Waals surface area contributed by atoms with Gasteiger partial charge in [0.2, 0.25) is 5.91 Å². The first-order valence-corrected chi connectivity index (χ1v) is 8.34. The van der Waals surface area contributed by atoms with Gasteiger partial charge >= 0.3 is 0 Å². The monoisotopic (exact) mass is 369 g/mol. The fourth-order valence-electron chi connectivity index (χ4n) is 2.68. The fraction of sp³-hybridized carbons (Fsp3) is 0.400. The van der Waals surface area contributed by atoms with Gasteiger partial charge in [0.15, 0.2) is 0 Å². The largest absolute Gasteiger partial charge is 0.342 e. The molecule has 1 fully saturated rings. The topological polar surface area (TPSA) is 79.3 Å². The van der Waals surface area contributed by atoms with Crippen LogP contribution in [0.25, 0.3) is 0 Å². The van der Waals surface area contributed by atoms with E-state index in [1.165, 1.54) is 11.3 Å². The van der Waals surface area contributed by atoms with E-state index in [1.54, 1.807) is 17.2 Å². The minimum absolute atomic E-state index is 0. The summed E-state index contributed by atoms with van der Waals surface area (Å²) in [6.45, 7) is 2.00. The lowest BCUT2D eigenvalue weighted by Gasteiger charge is -2.35. The second kappa shape index (κ2) is 8.27. The number of imidazole rings is 1. The van der Waals surface area contributed by atoms with Crippen LogP contribution in [0.1, 0.15) is 21.5 Å². The van der Waals surface area contributed by atoms with Crippen LogP contribution in [-0.2, 0) is 11.8 Å². The van der Waals surface area contributed by atoms with Crippen LogP contribution < -0.4 is 10.6 Å². The number of piperazine rings is 1. The molecule has 3 rings (SSSR count). The van der Waals surface area contributed by atoms with E-state index in [9.17, 15) is 9.59 Å². The van der Waals surface area contributed by atoms with Crippen molar-refractivity contribution >= 4 is 35.6 Å². The smallest absolute Gasteiger partial charge is 0.261 e. The fourth-order valence-corrected chi connectivity index (χ4v) is 3.32. The number of amides is 2. The number of nitrogens with one attached hydrogen (secondary N) is 2. The van der Waals surface area contributed by atoms with E-state index in [1.807, 2.05) is 29.3 Å². The third kappa shape index (κ3) is 3.95. The average Bonchev–Trinajstić information content (AvgIpc) is 3.23. The number of aryl methyl sites for hydroxylation is 1. The van der Waals surface area contributed by atoms with Gasteiger partial charge in [0, 0.05) is 39.1 Å². The summed E-state index contributed by atoms with van der Waals surface area (Å²) in [7, 11) is 1.91. The molecular weight excluding hydrogens is 350 g/mol. The second-order valence-electron chi connectivity index (χ2n) is 5.36. The number of nitrogens with zero attached hydrogens (tertiary/aromatic N) is 3. The number of hydrogen-bond donors (Lipinski definition) is 2. The van der Waals surface area contributed by atoms with E-state index in [0.29, 0.717) is 18.0 Å². The molecule has 1 saturated heterocycles. The third-order valence-corrected chi connectivity index (χ3v) is 4.73. The highest BCUT2D eigenvalue weighted by Gasteiger charge is 2.30. The second-order valence-corrected chi connectivity index (χ2v) is 6.31. The Hall–Kier alpha value is -1.90. The molecule has 24 heavy (non-hydrogen) atoms. The molecule has 9 heteroatoms. The molecule has 0 radical (unpaired) electrons. The van der Waals surface area contributed by atoms with Crippen molar-refractivity contribution in [3.8, 4) is 0 Å². The number of halogens is 1. The summed E-state index contributed by atoms with van der Waals surface area (Å²) in [5, 5.41) is 7.82. The van der Waals surface area contributed by atoms with Crippen molar-refractivity contribution in [3.63, 3.8) is 0 Å². The molecule has 0 saturated carbocycles. The number of carbonyl (C=O) groups excluding carboxylic acids is 2. The molecule has 130 valence electrons. The van der Waals surface area contributed by atoms with Crippen LogP contribution in [0.5, 0.6) is 0 Å². The van der Waals surface area contributed by atoms with Crippen molar-refractivity contribution in [1.29, 1.82) is 0 Å². The van der Waals surface area contributed by atoms with Gasteiger partial charge in [-0.25, -0.2) is 4.98 Å². The quantitative estimate of drug-likeness (QED) is 0.835. The van der Waals surface area contributed by atoms with E-state index in [4.69, 9.17) is 0 Å². The van der Waals surface area contributed by atoms with E-state index in [0.717, 1.165) is 12.4 Å². The summed E-state index contributed by atoms with van der Waals surface area (Å²) in [4.78, 5) is 31.2. The molecule has 2 aromatic rings. The molecule has 2 aromatic heterocycles. The summed E-state index contributed by atoms with van der Waals surface area (Å²) in [5.41, 5.74) is 0. The summed E-state index contributed by atoms with van der Waals surface area (Å²) in [6.07, 6.45) is 3.59. The highest BCUT2D eigenvalue weighted by atomic mass is 35.5. The maximum Gasteiger partial charge on any atom is 0.261 e. The van der Waals surface area contributed by atoms with E-state index in [-0.39, 0.29) is 36.8 Å². The van der Waals surface area contributed by atoms with Gasteiger partial charge < -0.3 is 20.1 Å². The molecule has 0 spiro atoms. The average molecular weight is 370 g/mol. The normalized spacial score (nSPS) is 17.2. The van der Waals surface area contributed by atoms with Gasteiger partial charge in [0.25, 0.3) is 5.91 Å². The molecule has 1 unspecified atom stereocenters. The lowest BCUT2D eigenvalue weighted by atomic mass is 10.1. The predicted octanol–water partition coefficient (Wildman–Crippen LogP) is 0.806. The Morgan fingerprint density at radius 1 is 1.50 bits per heavy atom. The summed E-state index contributed by atoms with van der Waals surface area (Å²) < 4.78 is 1.92. The minimum Gasteiger partial charge on any atom is -0.342 e. The Morgan fingerprint density at radius 3 is 3.00 bits per heavy atom. The number of thiophene rings is 1. The van der Waals surface area contributed by atoms with Gasteiger partial charge in [0.1, 0.15) is 11.9 Å². The summed E-state index contributed by atoms with van der Waals surface area (Å²) >= 11 is 1.36. The Balaban J connectivity index is 0.00000208. The van der Waals surface area contributed by atoms with Crippen molar-refractivity contribution in [1.82, 2.24) is 25.1 Å². The first kappa shape index (κ1) is 18.4. The predicted molar refractivity (Wildman–Crippen MR) is 94.4 cm³/mol. The first-order valence-electron chi connectivity index (χ1n) is 7.46. The molecule has 3 heterocycles. The minimum atomic E-state index is -0.211. The Labute approximate surface area is 150 Å². The van der Waals surface area contributed by atoms with Crippen LogP contribution >= 0.6 is 23.7 Å². The SMILES string of the molecule is Cl.Cn1ccnc1C1CNCCN1C(=O)CNC(=O)c1cccs1. The van der Waals surface area contributed by atoms with Crippen LogP contribution in [-0.4, -0.2) is 52.4 Å². The zero-order valence-corrected chi connectivity index (χ0v) is 14.9. The van der Waals surface area contributed by atoms with Crippen LogP contribution in [0.2, 0.25) is 0 Å². The molecule has 0 aromatic carbocycles. The lowest BCUT2D eigenvalue weighted by molar-refractivity contribution is -0.133. The van der Waals surface area contributed by atoms with Crippen molar-refractivity contribution in [2.45, 2.75) is 6.04 Å². The Kier molecular flexibility index (Phi) is 6.36. The van der Waals surface area contributed by atoms with Crippen LogP contribution in [0.3, 0.4) is 0 Å². The standard InChI is InChI=1S/C15H19N5O2S.ClH/c1-19-6-5-17-14(19)11-9-16-4-7-20(11)13(21)10-18-15(22)12-3-2-8-23-12;/h2-3,5-6,8,11,16H,4,7,9-10H2,1H3,(H,18,22);1H. The zero-order valence-electron chi connectivity index (χ0n) is 13.3.